The van der Waals surface area contributed by atoms with Crippen LogP contribution in [0.5, 0.6) is 0 Å². The zero-order chi connectivity index (χ0) is 24.6. The minimum Gasteiger partial charge on any atom is -0.394 e. The van der Waals surface area contributed by atoms with Gasteiger partial charge in [0.2, 0.25) is 0 Å². The minimum atomic E-state index is -1.83. The molecule has 0 aromatic carbocycles. The second-order valence-electron chi connectivity index (χ2n) is 8.41. The third kappa shape index (κ3) is 5.32. The number of hydrogen-bond donors (Lipinski definition) is 10. The maximum absolute atomic E-state index is 10.6. The summed E-state index contributed by atoms with van der Waals surface area (Å²) in [6.07, 6.45) is -21.4. The Hall–Kier alpha value is -0.600. The van der Waals surface area contributed by atoms with Gasteiger partial charge in [-0.25, -0.2) is 0 Å². The molecule has 9 unspecified atom stereocenters. The van der Waals surface area contributed by atoms with Gasteiger partial charge in [0.1, 0.15) is 61.0 Å². The summed E-state index contributed by atoms with van der Waals surface area (Å²) in [7, 11) is 0. The zero-order valence-electron chi connectivity index (χ0n) is 17.7. The summed E-state index contributed by atoms with van der Waals surface area (Å²) >= 11 is 0. The van der Waals surface area contributed by atoms with Crippen LogP contribution in [0.3, 0.4) is 0 Å². The van der Waals surface area contributed by atoms with Crippen molar-refractivity contribution in [3.05, 3.63) is 0 Å². The van der Waals surface area contributed by atoms with Gasteiger partial charge in [0.25, 0.3) is 0 Å². The lowest BCUT2D eigenvalue weighted by molar-refractivity contribution is -0.373. The predicted molar refractivity (Wildman–Crippen MR) is 102 cm³/mol. The second kappa shape index (κ2) is 11.0. The molecule has 11 N–H and O–H groups in total. The summed E-state index contributed by atoms with van der Waals surface area (Å²) in [6, 6.07) is -0.901. The number of ether oxygens (including phenoxy) is 5. The molecule has 0 aromatic heterocycles. The van der Waals surface area contributed by atoms with E-state index in [1.165, 1.54) is 6.92 Å². The van der Waals surface area contributed by atoms with Crippen LogP contribution >= 0.6 is 0 Å². The molecule has 3 rings (SSSR count). The van der Waals surface area contributed by atoms with E-state index in [1.807, 2.05) is 0 Å². The van der Waals surface area contributed by atoms with Crippen molar-refractivity contribution in [2.45, 2.75) is 99.0 Å². The van der Waals surface area contributed by atoms with Gasteiger partial charge in [-0.3, -0.25) is 0 Å². The average molecular weight is 487 g/mol. The Morgan fingerprint density at radius 3 is 1.64 bits per heavy atom. The standard InChI is InChI=1S/C18H33NO14/c1-4-7(19)8(22)12(26)17(29-4)32-15-6(3-21)31-18(13(27)10(15)24)33-14-5(2-20)30-16(28)11(25)9(14)23/h4-18,20-28H,2-3,19H2,1H3/t4?,5?,6?,7-,8?,9?,10?,11?,12?,13?,14-,15-,16-,17-,18-/m1/s1. The lowest BCUT2D eigenvalue weighted by atomic mass is 9.96. The fourth-order valence-electron chi connectivity index (χ4n) is 4.04. The zero-order valence-corrected chi connectivity index (χ0v) is 17.7. The van der Waals surface area contributed by atoms with E-state index in [0.29, 0.717) is 0 Å². The van der Waals surface area contributed by atoms with Gasteiger partial charge in [-0.1, -0.05) is 0 Å². The molecule has 0 radical (unpaired) electrons. The normalized spacial score (nSPS) is 53.7. The van der Waals surface area contributed by atoms with E-state index in [-0.39, 0.29) is 0 Å². The van der Waals surface area contributed by atoms with Crippen LogP contribution in [0.2, 0.25) is 0 Å². The number of nitrogens with two attached hydrogens (primary N) is 1. The summed E-state index contributed by atoms with van der Waals surface area (Å²) in [4.78, 5) is 0. The fraction of sp³-hybridized carbons (Fsp3) is 1.00. The Balaban J connectivity index is 1.71. The summed E-state index contributed by atoms with van der Waals surface area (Å²) < 4.78 is 26.8. The van der Waals surface area contributed by atoms with E-state index in [1.54, 1.807) is 0 Å². The molecule has 0 bridgehead atoms. The van der Waals surface area contributed by atoms with Crippen LogP contribution < -0.4 is 5.73 Å². The van der Waals surface area contributed by atoms with Gasteiger partial charge in [-0.15, -0.1) is 0 Å². The van der Waals surface area contributed by atoms with Gasteiger partial charge < -0.3 is 75.4 Å². The SMILES string of the molecule is CC1O[C@H](O[C@@H]2C(CO)O[C@H](O[C@@H]3C(CO)O[C@@H](O)C(O)C3O)C(O)C2O)C(O)C(O)[C@@H]1N. The first kappa shape index (κ1) is 27.0. The summed E-state index contributed by atoms with van der Waals surface area (Å²) in [5, 5.41) is 90.2. The van der Waals surface area contributed by atoms with E-state index in [9.17, 15) is 46.0 Å². The Bertz CT molecular complexity index is 627. The van der Waals surface area contributed by atoms with Crippen molar-refractivity contribution >= 4 is 0 Å². The third-order valence-corrected chi connectivity index (χ3v) is 6.16. The molecule has 3 saturated heterocycles. The molecule has 3 fully saturated rings. The number of hydrogen-bond acceptors (Lipinski definition) is 15. The number of rotatable bonds is 6. The van der Waals surface area contributed by atoms with Gasteiger partial charge >= 0.3 is 0 Å². The molecule has 0 spiro atoms. The van der Waals surface area contributed by atoms with Gasteiger partial charge in [-0.2, -0.15) is 0 Å². The van der Waals surface area contributed by atoms with E-state index < -0.39 is 105 Å². The van der Waals surface area contributed by atoms with Crippen molar-refractivity contribution < 1.29 is 69.6 Å². The van der Waals surface area contributed by atoms with Crippen LogP contribution in [0.1, 0.15) is 6.92 Å². The molecule has 3 aliphatic heterocycles. The van der Waals surface area contributed by atoms with E-state index in [0.717, 1.165) is 0 Å². The Morgan fingerprint density at radius 1 is 0.636 bits per heavy atom. The molecule has 15 nitrogen and oxygen atoms in total. The summed E-state index contributed by atoms with van der Waals surface area (Å²) in [5.41, 5.74) is 5.73. The highest BCUT2D eigenvalue weighted by Crippen LogP contribution is 2.31. The lowest BCUT2D eigenvalue weighted by Crippen LogP contribution is -2.66. The molecule has 3 aliphatic rings. The summed E-state index contributed by atoms with van der Waals surface area (Å²) in [6.45, 7) is 0.0570. The van der Waals surface area contributed by atoms with Crippen molar-refractivity contribution in [2.24, 2.45) is 5.73 Å². The van der Waals surface area contributed by atoms with Crippen LogP contribution in [0, 0.1) is 0 Å². The van der Waals surface area contributed by atoms with Crippen molar-refractivity contribution in [3.8, 4) is 0 Å². The second-order valence-corrected chi connectivity index (χ2v) is 8.41. The maximum atomic E-state index is 10.6. The molecule has 33 heavy (non-hydrogen) atoms. The molecular weight excluding hydrogens is 454 g/mol. The number of aliphatic hydroxyl groups is 9. The molecule has 0 saturated carbocycles. The van der Waals surface area contributed by atoms with Gasteiger partial charge in [-0.05, 0) is 6.92 Å². The van der Waals surface area contributed by atoms with Gasteiger partial charge in [0, 0.05) is 0 Å². The Labute approximate surface area is 188 Å². The van der Waals surface area contributed by atoms with Crippen molar-refractivity contribution in [1.29, 1.82) is 0 Å². The molecule has 15 atom stereocenters. The highest BCUT2D eigenvalue weighted by atomic mass is 16.7. The quantitative estimate of drug-likeness (QED) is 0.167. The average Bonchev–Trinajstić information content (AvgIpc) is 2.80. The maximum Gasteiger partial charge on any atom is 0.187 e. The van der Waals surface area contributed by atoms with Crippen molar-refractivity contribution in [2.75, 3.05) is 13.2 Å². The molecule has 0 aromatic rings. The van der Waals surface area contributed by atoms with E-state index in [4.69, 9.17) is 29.4 Å². The van der Waals surface area contributed by atoms with E-state index in [2.05, 4.69) is 0 Å². The first-order chi connectivity index (χ1) is 15.5. The molecular formula is C18H33NO14. The van der Waals surface area contributed by atoms with Crippen molar-refractivity contribution in [1.82, 2.24) is 0 Å². The lowest BCUT2D eigenvalue weighted by Gasteiger charge is -2.47. The molecule has 0 amide bonds. The summed E-state index contributed by atoms with van der Waals surface area (Å²) in [5.74, 6) is 0. The van der Waals surface area contributed by atoms with Crippen LogP contribution in [0.25, 0.3) is 0 Å². The van der Waals surface area contributed by atoms with Crippen LogP contribution in [-0.2, 0) is 23.7 Å². The first-order valence-electron chi connectivity index (χ1n) is 10.5. The van der Waals surface area contributed by atoms with Crippen molar-refractivity contribution in [3.63, 3.8) is 0 Å². The fourth-order valence-corrected chi connectivity index (χ4v) is 4.04. The highest BCUT2D eigenvalue weighted by molar-refractivity contribution is 4.96. The molecule has 194 valence electrons. The predicted octanol–water partition coefficient (Wildman–Crippen LogP) is -6.58. The monoisotopic (exact) mass is 487 g/mol. The highest BCUT2D eigenvalue weighted by Gasteiger charge is 2.52. The molecule has 3 heterocycles. The minimum absolute atomic E-state index is 0.728. The van der Waals surface area contributed by atoms with Crippen LogP contribution in [-0.4, -0.2) is 151 Å². The van der Waals surface area contributed by atoms with Crippen LogP contribution in [0.4, 0.5) is 0 Å². The van der Waals surface area contributed by atoms with Gasteiger partial charge in [0.15, 0.2) is 18.9 Å². The van der Waals surface area contributed by atoms with Crippen LogP contribution in [0.15, 0.2) is 0 Å². The topological polar surface area (TPSA) is 254 Å². The number of aliphatic hydroxyl groups excluding tert-OH is 9. The van der Waals surface area contributed by atoms with E-state index >= 15 is 0 Å². The molecule has 0 aliphatic carbocycles. The first-order valence-corrected chi connectivity index (χ1v) is 10.5. The van der Waals surface area contributed by atoms with Gasteiger partial charge in [0.05, 0.1) is 25.4 Å². The Kier molecular flexibility index (Phi) is 8.99. The largest absolute Gasteiger partial charge is 0.394 e. The Morgan fingerprint density at radius 2 is 1.09 bits per heavy atom. The third-order valence-electron chi connectivity index (χ3n) is 6.16. The molecule has 15 heteroatoms. The smallest absolute Gasteiger partial charge is 0.187 e.